The number of hydrogen-bond acceptors (Lipinski definition) is 6. The molecule has 10 heteroatoms. The molecule has 150 valence electrons. The van der Waals surface area contributed by atoms with Crippen LogP contribution in [0.1, 0.15) is 30.1 Å². The molecule has 1 aromatic heterocycles. The van der Waals surface area contributed by atoms with Gasteiger partial charge in [0.2, 0.25) is 5.91 Å². The highest BCUT2D eigenvalue weighted by molar-refractivity contribution is 6.03. The van der Waals surface area contributed by atoms with Gasteiger partial charge in [-0.25, -0.2) is 4.79 Å². The van der Waals surface area contributed by atoms with Crippen LogP contribution in [0.3, 0.4) is 0 Å². The molecule has 0 radical (unpaired) electrons. The van der Waals surface area contributed by atoms with Crippen LogP contribution in [0.15, 0.2) is 33.9 Å². The monoisotopic (exact) mass is 388 g/mol. The predicted octanol–water partition coefficient (Wildman–Crippen LogP) is 0.0927. The maximum absolute atomic E-state index is 12.4. The lowest BCUT2D eigenvalue weighted by molar-refractivity contribution is -0.114. The van der Waals surface area contributed by atoms with E-state index in [-0.39, 0.29) is 29.3 Å². The summed E-state index contributed by atoms with van der Waals surface area (Å²) in [6.45, 7) is 2.09. The van der Waals surface area contributed by atoms with Crippen LogP contribution in [-0.4, -0.2) is 35.0 Å². The van der Waals surface area contributed by atoms with Gasteiger partial charge in [-0.3, -0.25) is 23.9 Å². The van der Waals surface area contributed by atoms with Gasteiger partial charge in [-0.05, 0) is 18.6 Å². The number of rotatable bonds is 8. The van der Waals surface area contributed by atoms with E-state index in [0.717, 1.165) is 6.42 Å². The zero-order valence-electron chi connectivity index (χ0n) is 15.8. The first-order valence-corrected chi connectivity index (χ1v) is 8.78. The summed E-state index contributed by atoms with van der Waals surface area (Å²) in [5, 5.41) is 2.59. The van der Waals surface area contributed by atoms with Crippen LogP contribution in [0.4, 0.5) is 17.2 Å². The number of nitrogens with zero attached hydrogens (tertiary/aromatic N) is 2. The Labute approximate surface area is 161 Å². The number of carbonyl (C=O) groups is 2. The second-order valence-electron chi connectivity index (χ2n) is 6.31. The summed E-state index contributed by atoms with van der Waals surface area (Å²) in [5.41, 5.74) is 10.5. The summed E-state index contributed by atoms with van der Waals surface area (Å²) in [6.07, 6.45) is 1.56. The SMILES string of the molecule is CCCCn1c(N)c(N(C)CC(=O)Nc2ccccc2C(N)=O)c(=O)[nH]c1=O. The van der Waals surface area contributed by atoms with Gasteiger partial charge in [0.1, 0.15) is 11.5 Å². The highest BCUT2D eigenvalue weighted by atomic mass is 16.2. The van der Waals surface area contributed by atoms with Crippen molar-refractivity contribution < 1.29 is 9.59 Å². The molecule has 2 amide bonds. The highest BCUT2D eigenvalue weighted by Gasteiger charge is 2.19. The maximum Gasteiger partial charge on any atom is 0.330 e. The molecule has 0 spiro atoms. The minimum Gasteiger partial charge on any atom is -0.383 e. The average molecular weight is 388 g/mol. The second-order valence-corrected chi connectivity index (χ2v) is 6.31. The molecule has 6 N–H and O–H groups in total. The number of likely N-dealkylation sites (N-methyl/N-ethyl adjacent to an activating group) is 1. The minimum absolute atomic E-state index is 0.00460. The number of anilines is 3. The Balaban J connectivity index is 2.24. The molecule has 28 heavy (non-hydrogen) atoms. The van der Waals surface area contributed by atoms with E-state index < -0.39 is 23.1 Å². The van der Waals surface area contributed by atoms with Crippen molar-refractivity contribution in [2.24, 2.45) is 5.73 Å². The minimum atomic E-state index is -0.678. The Morgan fingerprint density at radius 2 is 1.93 bits per heavy atom. The molecule has 10 nitrogen and oxygen atoms in total. The number of aromatic nitrogens is 2. The number of nitrogen functional groups attached to an aromatic ring is 1. The molecule has 2 rings (SSSR count). The molecule has 2 aromatic rings. The van der Waals surface area contributed by atoms with Crippen molar-refractivity contribution in [3.05, 3.63) is 50.7 Å². The van der Waals surface area contributed by atoms with E-state index in [1.807, 2.05) is 6.92 Å². The number of benzene rings is 1. The first kappa shape index (κ1) is 20.7. The fourth-order valence-electron chi connectivity index (χ4n) is 2.78. The van der Waals surface area contributed by atoms with E-state index in [1.165, 1.54) is 22.6 Å². The lowest BCUT2D eigenvalue weighted by Crippen LogP contribution is -2.39. The number of carbonyl (C=O) groups excluding carboxylic acids is 2. The van der Waals surface area contributed by atoms with Gasteiger partial charge in [-0.1, -0.05) is 25.5 Å². The first-order valence-electron chi connectivity index (χ1n) is 8.78. The topological polar surface area (TPSA) is 156 Å². The summed E-state index contributed by atoms with van der Waals surface area (Å²) in [7, 11) is 1.51. The number of H-pyrrole nitrogens is 1. The molecule has 0 fully saturated rings. The number of primary amides is 1. The van der Waals surface area contributed by atoms with E-state index in [0.29, 0.717) is 13.0 Å². The zero-order valence-corrected chi connectivity index (χ0v) is 15.8. The summed E-state index contributed by atoms with van der Waals surface area (Å²) in [5.74, 6) is -1.16. The number of aromatic amines is 1. The number of unbranched alkanes of at least 4 members (excludes halogenated alkanes) is 1. The van der Waals surface area contributed by atoms with Gasteiger partial charge in [0.15, 0.2) is 0 Å². The standard InChI is InChI=1S/C18H24N6O4/c1-3-4-9-24-15(19)14(17(27)22-18(24)28)23(2)10-13(25)21-12-8-6-5-7-11(12)16(20)26/h5-8H,3-4,9-10,19H2,1-2H3,(H2,20,26)(H,21,25)(H,22,27,28). The van der Waals surface area contributed by atoms with Crippen molar-refractivity contribution >= 4 is 29.0 Å². The molecule has 0 saturated carbocycles. The van der Waals surface area contributed by atoms with Gasteiger partial charge < -0.3 is 21.7 Å². The van der Waals surface area contributed by atoms with E-state index in [9.17, 15) is 19.2 Å². The average Bonchev–Trinajstić information content (AvgIpc) is 2.61. The van der Waals surface area contributed by atoms with Crippen molar-refractivity contribution in [1.82, 2.24) is 9.55 Å². The molecule has 1 aromatic carbocycles. The Bertz CT molecular complexity index is 994. The number of nitrogens with one attached hydrogen (secondary N) is 2. The summed E-state index contributed by atoms with van der Waals surface area (Å²) in [4.78, 5) is 51.6. The third-order valence-electron chi connectivity index (χ3n) is 4.18. The third-order valence-corrected chi connectivity index (χ3v) is 4.18. The van der Waals surface area contributed by atoms with E-state index in [4.69, 9.17) is 11.5 Å². The fraction of sp³-hybridized carbons (Fsp3) is 0.333. The van der Waals surface area contributed by atoms with Gasteiger partial charge in [0.05, 0.1) is 17.8 Å². The number of para-hydroxylation sites is 1. The van der Waals surface area contributed by atoms with Crippen molar-refractivity contribution in [3.63, 3.8) is 0 Å². The van der Waals surface area contributed by atoms with E-state index >= 15 is 0 Å². The Hall–Kier alpha value is -3.56. The lowest BCUT2D eigenvalue weighted by atomic mass is 10.1. The Morgan fingerprint density at radius 1 is 1.25 bits per heavy atom. The summed E-state index contributed by atoms with van der Waals surface area (Å²) < 4.78 is 1.27. The van der Waals surface area contributed by atoms with Gasteiger partial charge in [-0.15, -0.1) is 0 Å². The van der Waals surface area contributed by atoms with Crippen molar-refractivity contribution in [2.75, 3.05) is 29.5 Å². The van der Waals surface area contributed by atoms with Crippen LogP contribution in [0.5, 0.6) is 0 Å². The van der Waals surface area contributed by atoms with Crippen molar-refractivity contribution in [3.8, 4) is 0 Å². The van der Waals surface area contributed by atoms with Gasteiger partial charge in [0.25, 0.3) is 11.5 Å². The van der Waals surface area contributed by atoms with Crippen LogP contribution >= 0.6 is 0 Å². The van der Waals surface area contributed by atoms with E-state index in [1.54, 1.807) is 18.2 Å². The Kier molecular flexibility index (Phi) is 6.59. The normalized spacial score (nSPS) is 10.5. The summed E-state index contributed by atoms with van der Waals surface area (Å²) in [6, 6.07) is 6.32. The lowest BCUT2D eigenvalue weighted by Gasteiger charge is -2.21. The van der Waals surface area contributed by atoms with Crippen molar-refractivity contribution in [1.29, 1.82) is 0 Å². The van der Waals surface area contributed by atoms with Crippen LogP contribution in [-0.2, 0) is 11.3 Å². The first-order chi connectivity index (χ1) is 13.3. The van der Waals surface area contributed by atoms with Crippen LogP contribution in [0, 0.1) is 0 Å². The molecular weight excluding hydrogens is 364 g/mol. The highest BCUT2D eigenvalue weighted by Crippen LogP contribution is 2.17. The number of nitrogens with two attached hydrogens (primary N) is 2. The second kappa shape index (κ2) is 8.89. The van der Waals surface area contributed by atoms with Gasteiger partial charge in [-0.2, -0.15) is 0 Å². The molecule has 0 saturated heterocycles. The molecule has 0 bridgehead atoms. The van der Waals surface area contributed by atoms with E-state index in [2.05, 4.69) is 10.3 Å². The molecular formula is C18H24N6O4. The van der Waals surface area contributed by atoms with Gasteiger partial charge in [0, 0.05) is 13.6 Å². The number of amides is 2. The molecule has 0 aliphatic heterocycles. The van der Waals surface area contributed by atoms with Crippen LogP contribution < -0.4 is 32.9 Å². The van der Waals surface area contributed by atoms with Crippen LogP contribution in [0.25, 0.3) is 0 Å². The van der Waals surface area contributed by atoms with Gasteiger partial charge >= 0.3 is 5.69 Å². The fourth-order valence-corrected chi connectivity index (χ4v) is 2.78. The van der Waals surface area contributed by atoms with Crippen molar-refractivity contribution in [2.45, 2.75) is 26.3 Å². The number of hydrogen-bond donors (Lipinski definition) is 4. The largest absolute Gasteiger partial charge is 0.383 e. The Morgan fingerprint density at radius 3 is 2.57 bits per heavy atom. The smallest absolute Gasteiger partial charge is 0.330 e. The third kappa shape index (κ3) is 4.58. The summed E-state index contributed by atoms with van der Waals surface area (Å²) >= 11 is 0. The maximum atomic E-state index is 12.4. The zero-order chi connectivity index (χ0) is 20.8. The molecule has 0 aliphatic carbocycles. The molecule has 1 heterocycles. The molecule has 0 aliphatic rings. The predicted molar refractivity (Wildman–Crippen MR) is 108 cm³/mol. The molecule has 0 unspecified atom stereocenters. The molecule has 0 atom stereocenters. The quantitative estimate of drug-likeness (QED) is 0.502. The van der Waals surface area contributed by atoms with Crippen LogP contribution in [0.2, 0.25) is 0 Å².